The Bertz CT molecular complexity index is 1160. The van der Waals surface area contributed by atoms with Crippen molar-refractivity contribution in [2.45, 2.75) is 20.8 Å². The molecule has 3 aromatic rings. The maximum Gasteiger partial charge on any atom is 0.257 e. The highest BCUT2D eigenvalue weighted by molar-refractivity contribution is 6.31. The molecule has 0 aliphatic rings. The smallest absolute Gasteiger partial charge is 0.257 e. The largest absolute Gasteiger partial charge is 0.345 e. The van der Waals surface area contributed by atoms with E-state index in [1.165, 1.54) is 6.20 Å². The zero-order valence-electron chi connectivity index (χ0n) is 16.3. The number of nitrogens with one attached hydrogen (secondary N) is 1. The van der Waals surface area contributed by atoms with Crippen LogP contribution < -0.4 is 10.7 Å². The number of pyridine rings is 1. The normalized spacial score (nSPS) is 11.5. The summed E-state index contributed by atoms with van der Waals surface area (Å²) >= 11 is 12.1. The van der Waals surface area contributed by atoms with Gasteiger partial charge in [0.05, 0.1) is 12.1 Å². The van der Waals surface area contributed by atoms with Crippen LogP contribution in [0.1, 0.15) is 31.1 Å². The third-order valence-electron chi connectivity index (χ3n) is 4.56. The number of fused-ring (bicyclic) bond motifs is 1. The van der Waals surface area contributed by atoms with Crippen molar-refractivity contribution in [2.75, 3.05) is 6.54 Å². The quantitative estimate of drug-likeness (QED) is 0.655. The minimum Gasteiger partial charge on any atom is -0.345 e. The van der Waals surface area contributed by atoms with E-state index in [-0.39, 0.29) is 17.9 Å². The summed E-state index contributed by atoms with van der Waals surface area (Å²) in [5.41, 5.74) is 0.199. The van der Waals surface area contributed by atoms with E-state index in [0.29, 0.717) is 26.6 Å². The van der Waals surface area contributed by atoms with Gasteiger partial charge in [0.25, 0.3) is 5.91 Å². The fraction of sp³-hybridized carbons (Fsp3) is 0.227. The third-order valence-corrected chi connectivity index (χ3v) is 5.05. The van der Waals surface area contributed by atoms with E-state index < -0.39 is 16.8 Å². The van der Waals surface area contributed by atoms with Crippen LogP contribution in [0.25, 0.3) is 16.6 Å². The van der Waals surface area contributed by atoms with Gasteiger partial charge in [0.2, 0.25) is 5.43 Å². The standard InChI is InChI=1S/C22H20Cl2N2O3/c1-22(2,3)19(27)11-25-21(29)17-12-26(15-7-4-13(23)5-8-15)18-10-14(24)6-9-16(18)20(17)28/h4-10,12H,11H2,1-3H3,(H,25,29). The summed E-state index contributed by atoms with van der Waals surface area (Å²) in [6.07, 6.45) is 1.46. The van der Waals surface area contributed by atoms with Crippen molar-refractivity contribution in [2.24, 2.45) is 5.41 Å². The molecule has 150 valence electrons. The minimum atomic E-state index is -0.604. The molecule has 2 aromatic carbocycles. The van der Waals surface area contributed by atoms with Gasteiger partial charge < -0.3 is 9.88 Å². The molecule has 1 amide bonds. The second-order valence-electron chi connectivity index (χ2n) is 7.74. The van der Waals surface area contributed by atoms with Crippen LogP contribution in [-0.4, -0.2) is 22.8 Å². The first kappa shape index (κ1) is 21.1. The maximum atomic E-state index is 12.9. The Morgan fingerprint density at radius 3 is 2.24 bits per heavy atom. The number of rotatable bonds is 4. The first-order valence-electron chi connectivity index (χ1n) is 9.00. The van der Waals surface area contributed by atoms with E-state index in [0.717, 1.165) is 0 Å². The Morgan fingerprint density at radius 2 is 1.62 bits per heavy atom. The van der Waals surface area contributed by atoms with Gasteiger partial charge in [-0.05, 0) is 42.5 Å². The molecular formula is C22H20Cl2N2O3. The number of halogens is 2. The van der Waals surface area contributed by atoms with E-state index in [9.17, 15) is 14.4 Å². The van der Waals surface area contributed by atoms with E-state index in [4.69, 9.17) is 23.2 Å². The molecule has 1 heterocycles. The predicted octanol–water partition coefficient (Wildman–Crippen LogP) is 4.64. The molecular weight excluding hydrogens is 411 g/mol. The molecule has 0 bridgehead atoms. The van der Waals surface area contributed by atoms with Crippen molar-refractivity contribution in [1.82, 2.24) is 9.88 Å². The summed E-state index contributed by atoms with van der Waals surface area (Å²) in [7, 11) is 0. The molecule has 0 aliphatic carbocycles. The molecule has 0 spiro atoms. The second kappa shape index (κ2) is 8.01. The number of carbonyl (C=O) groups excluding carboxylic acids is 2. The van der Waals surface area contributed by atoms with Crippen LogP contribution in [0.4, 0.5) is 0 Å². The van der Waals surface area contributed by atoms with Gasteiger partial charge >= 0.3 is 0 Å². The molecule has 0 unspecified atom stereocenters. The fourth-order valence-electron chi connectivity index (χ4n) is 2.80. The maximum absolute atomic E-state index is 12.9. The first-order chi connectivity index (χ1) is 13.6. The number of aromatic nitrogens is 1. The molecule has 0 fully saturated rings. The lowest BCUT2D eigenvalue weighted by Crippen LogP contribution is -2.37. The highest BCUT2D eigenvalue weighted by Crippen LogP contribution is 2.22. The number of benzene rings is 2. The lowest BCUT2D eigenvalue weighted by molar-refractivity contribution is -0.125. The first-order valence-corrected chi connectivity index (χ1v) is 9.76. The van der Waals surface area contributed by atoms with E-state index in [2.05, 4.69) is 5.32 Å². The number of amides is 1. The van der Waals surface area contributed by atoms with Crippen molar-refractivity contribution < 1.29 is 9.59 Å². The van der Waals surface area contributed by atoms with Crippen LogP contribution in [0.3, 0.4) is 0 Å². The summed E-state index contributed by atoms with van der Waals surface area (Å²) < 4.78 is 1.71. The SMILES string of the molecule is CC(C)(C)C(=O)CNC(=O)c1cn(-c2ccc(Cl)cc2)c2cc(Cl)ccc2c1=O. The Labute approximate surface area is 178 Å². The molecule has 0 saturated heterocycles. The summed E-state index contributed by atoms with van der Waals surface area (Å²) in [4.78, 5) is 37.8. The molecule has 29 heavy (non-hydrogen) atoms. The number of nitrogens with zero attached hydrogens (tertiary/aromatic N) is 1. The van der Waals surface area contributed by atoms with Gasteiger partial charge in [-0.25, -0.2) is 0 Å². The number of carbonyl (C=O) groups is 2. The van der Waals surface area contributed by atoms with Crippen LogP contribution in [0.15, 0.2) is 53.5 Å². The topological polar surface area (TPSA) is 68.2 Å². The van der Waals surface area contributed by atoms with Crippen LogP contribution in [-0.2, 0) is 4.79 Å². The summed E-state index contributed by atoms with van der Waals surface area (Å²) in [5.74, 6) is -0.733. The average molecular weight is 431 g/mol. The van der Waals surface area contributed by atoms with Crippen LogP contribution in [0.2, 0.25) is 10.0 Å². The Morgan fingerprint density at radius 1 is 1.00 bits per heavy atom. The summed E-state index contributed by atoms with van der Waals surface area (Å²) in [5, 5.41) is 3.94. The molecule has 0 atom stereocenters. The van der Waals surface area contributed by atoms with Gasteiger partial charge in [0.1, 0.15) is 5.56 Å². The summed E-state index contributed by atoms with van der Waals surface area (Å²) in [6.45, 7) is 5.17. The number of hydrogen-bond donors (Lipinski definition) is 1. The fourth-order valence-corrected chi connectivity index (χ4v) is 3.09. The van der Waals surface area contributed by atoms with Crippen molar-refractivity contribution in [1.29, 1.82) is 0 Å². The van der Waals surface area contributed by atoms with Crippen LogP contribution in [0.5, 0.6) is 0 Å². The van der Waals surface area contributed by atoms with Gasteiger partial charge in [0, 0.05) is 32.7 Å². The third kappa shape index (κ3) is 4.52. The van der Waals surface area contributed by atoms with Crippen LogP contribution >= 0.6 is 23.2 Å². The predicted molar refractivity (Wildman–Crippen MR) is 116 cm³/mol. The zero-order chi connectivity index (χ0) is 21.3. The van der Waals surface area contributed by atoms with Gasteiger partial charge in [0.15, 0.2) is 5.78 Å². The molecule has 7 heteroatoms. The molecule has 5 nitrogen and oxygen atoms in total. The van der Waals surface area contributed by atoms with Crippen molar-refractivity contribution in [3.8, 4) is 5.69 Å². The van der Waals surface area contributed by atoms with Gasteiger partial charge in [-0.2, -0.15) is 0 Å². The Balaban J connectivity index is 2.11. The molecule has 0 radical (unpaired) electrons. The molecule has 1 aromatic heterocycles. The van der Waals surface area contributed by atoms with Gasteiger partial charge in [-0.1, -0.05) is 44.0 Å². The number of ketones is 1. The Kier molecular flexibility index (Phi) is 5.82. The second-order valence-corrected chi connectivity index (χ2v) is 8.61. The van der Waals surface area contributed by atoms with Crippen LogP contribution in [0, 0.1) is 5.41 Å². The highest BCUT2D eigenvalue weighted by atomic mass is 35.5. The highest BCUT2D eigenvalue weighted by Gasteiger charge is 2.23. The lowest BCUT2D eigenvalue weighted by atomic mass is 9.91. The van der Waals surface area contributed by atoms with Gasteiger partial charge in [-0.3, -0.25) is 14.4 Å². The molecule has 1 N–H and O–H groups in total. The monoisotopic (exact) mass is 430 g/mol. The van der Waals surface area contributed by atoms with Crippen molar-refractivity contribution >= 4 is 45.8 Å². The lowest BCUT2D eigenvalue weighted by Gasteiger charge is -2.17. The average Bonchev–Trinajstić information content (AvgIpc) is 2.66. The molecule has 0 aliphatic heterocycles. The number of hydrogen-bond acceptors (Lipinski definition) is 3. The van der Waals surface area contributed by atoms with Gasteiger partial charge in [-0.15, -0.1) is 0 Å². The minimum absolute atomic E-state index is 0.0588. The van der Waals surface area contributed by atoms with E-state index in [1.54, 1.807) is 67.8 Å². The number of Topliss-reactive ketones (excluding diaryl/α,β-unsaturated/α-hetero) is 1. The van der Waals surface area contributed by atoms with Crippen molar-refractivity contribution in [3.63, 3.8) is 0 Å². The van der Waals surface area contributed by atoms with Crippen molar-refractivity contribution in [3.05, 3.63) is 74.5 Å². The summed E-state index contributed by atoms with van der Waals surface area (Å²) in [6, 6.07) is 11.8. The van der Waals surface area contributed by atoms with E-state index >= 15 is 0 Å². The zero-order valence-corrected chi connectivity index (χ0v) is 17.8. The molecule has 0 saturated carbocycles. The van der Waals surface area contributed by atoms with E-state index in [1.807, 2.05) is 0 Å². The Hall–Kier alpha value is -2.63. The molecule has 3 rings (SSSR count).